The van der Waals surface area contributed by atoms with Gasteiger partial charge >= 0.3 is 0 Å². The average molecular weight is 224 g/mol. The summed E-state index contributed by atoms with van der Waals surface area (Å²) < 4.78 is 11.0. The van der Waals surface area contributed by atoms with Gasteiger partial charge in [-0.15, -0.1) is 0 Å². The van der Waals surface area contributed by atoms with Gasteiger partial charge in [0.05, 0.1) is 12.7 Å². The number of phenols is 1. The number of benzene rings is 1. The Kier molecular flexibility index (Phi) is 3.31. The van der Waals surface area contributed by atoms with Crippen molar-refractivity contribution in [2.24, 2.45) is 0 Å². The fraction of sp³-hybridized carbons (Fsp3) is 0.500. The molecule has 1 saturated heterocycles. The minimum absolute atomic E-state index is 0.0362. The maximum atomic E-state index is 9.36. The van der Waals surface area contributed by atoms with Crippen LogP contribution in [-0.4, -0.2) is 29.2 Å². The number of ether oxygens (including phenoxy) is 2. The van der Waals surface area contributed by atoms with Crippen LogP contribution in [0, 0.1) is 6.92 Å². The van der Waals surface area contributed by atoms with Crippen LogP contribution >= 0.6 is 0 Å². The van der Waals surface area contributed by atoms with E-state index < -0.39 is 0 Å². The summed E-state index contributed by atoms with van der Waals surface area (Å²) in [5.41, 5.74) is 0.772. The van der Waals surface area contributed by atoms with Crippen molar-refractivity contribution in [2.75, 3.05) is 6.61 Å². The third-order valence-electron chi connectivity index (χ3n) is 2.71. The monoisotopic (exact) mass is 224 g/mol. The zero-order chi connectivity index (χ0) is 11.5. The molecule has 2 N–H and O–H groups in total. The lowest BCUT2D eigenvalue weighted by atomic mass is 10.2. The van der Waals surface area contributed by atoms with Gasteiger partial charge in [0.25, 0.3) is 0 Å². The lowest BCUT2D eigenvalue weighted by molar-refractivity contribution is -0.0850. The predicted octanol–water partition coefficient (Wildman–Crippen LogP) is 1.58. The van der Waals surface area contributed by atoms with Gasteiger partial charge in [-0.2, -0.15) is 0 Å². The maximum Gasteiger partial charge on any atom is 0.200 e. The van der Waals surface area contributed by atoms with Crippen LogP contribution in [0.15, 0.2) is 18.2 Å². The lowest BCUT2D eigenvalue weighted by Crippen LogP contribution is -2.19. The van der Waals surface area contributed by atoms with E-state index >= 15 is 0 Å². The van der Waals surface area contributed by atoms with Gasteiger partial charge in [0, 0.05) is 6.42 Å². The Morgan fingerprint density at radius 3 is 2.88 bits per heavy atom. The molecule has 1 unspecified atom stereocenters. The molecule has 88 valence electrons. The number of hydrogen-bond acceptors (Lipinski definition) is 4. The Morgan fingerprint density at radius 2 is 2.25 bits per heavy atom. The molecule has 0 radical (unpaired) electrons. The number of aliphatic hydroxyl groups is 1. The number of aromatic hydroxyl groups is 1. The Labute approximate surface area is 94.4 Å². The normalized spacial score (nSPS) is 24.6. The molecule has 0 aliphatic carbocycles. The second-order valence-corrected chi connectivity index (χ2v) is 4.01. The molecule has 1 fully saturated rings. The minimum Gasteiger partial charge on any atom is -0.508 e. The highest BCUT2D eigenvalue weighted by atomic mass is 16.7. The van der Waals surface area contributed by atoms with Gasteiger partial charge in [0.15, 0.2) is 6.29 Å². The average Bonchev–Trinajstić information content (AvgIpc) is 2.71. The molecule has 2 rings (SSSR count). The summed E-state index contributed by atoms with van der Waals surface area (Å²) >= 11 is 0. The molecule has 4 heteroatoms. The minimum atomic E-state index is -0.291. The lowest BCUT2D eigenvalue weighted by Gasteiger charge is -2.15. The molecule has 0 bridgehead atoms. The molecule has 1 aliphatic heterocycles. The topological polar surface area (TPSA) is 58.9 Å². The second kappa shape index (κ2) is 4.72. The summed E-state index contributed by atoms with van der Waals surface area (Å²) in [7, 11) is 0. The number of aliphatic hydroxyl groups excluding tert-OH is 1. The summed E-state index contributed by atoms with van der Waals surface area (Å²) in [4.78, 5) is 0. The summed E-state index contributed by atoms with van der Waals surface area (Å²) in [6, 6.07) is 5.08. The van der Waals surface area contributed by atoms with Gasteiger partial charge in [-0.25, -0.2) is 0 Å². The van der Waals surface area contributed by atoms with Crippen LogP contribution in [0.1, 0.15) is 18.4 Å². The smallest absolute Gasteiger partial charge is 0.200 e. The summed E-state index contributed by atoms with van der Waals surface area (Å²) in [6.07, 6.45) is 1.20. The fourth-order valence-electron chi connectivity index (χ4n) is 1.75. The number of rotatable bonds is 3. The van der Waals surface area contributed by atoms with Crippen molar-refractivity contribution in [3.63, 3.8) is 0 Å². The van der Waals surface area contributed by atoms with E-state index in [9.17, 15) is 5.11 Å². The third kappa shape index (κ3) is 2.46. The van der Waals surface area contributed by atoms with Crippen molar-refractivity contribution in [3.05, 3.63) is 23.8 Å². The van der Waals surface area contributed by atoms with Gasteiger partial charge in [0.2, 0.25) is 0 Å². The maximum absolute atomic E-state index is 9.36. The molecule has 0 amide bonds. The van der Waals surface area contributed by atoms with Gasteiger partial charge in [0.1, 0.15) is 11.5 Å². The Morgan fingerprint density at radius 1 is 1.44 bits per heavy atom. The van der Waals surface area contributed by atoms with Gasteiger partial charge in [-0.1, -0.05) is 0 Å². The molecule has 2 atom stereocenters. The van der Waals surface area contributed by atoms with E-state index in [2.05, 4.69) is 0 Å². The first kappa shape index (κ1) is 11.2. The van der Waals surface area contributed by atoms with Gasteiger partial charge < -0.3 is 19.7 Å². The first-order valence-corrected chi connectivity index (χ1v) is 5.41. The van der Waals surface area contributed by atoms with E-state index in [1.165, 1.54) is 0 Å². The van der Waals surface area contributed by atoms with Crippen molar-refractivity contribution in [3.8, 4) is 11.5 Å². The van der Waals surface area contributed by atoms with Crippen molar-refractivity contribution < 1.29 is 19.7 Å². The quantitative estimate of drug-likeness (QED) is 0.818. The van der Waals surface area contributed by atoms with Crippen LogP contribution in [0.2, 0.25) is 0 Å². The van der Waals surface area contributed by atoms with Crippen LogP contribution in [0.25, 0.3) is 0 Å². The molecular formula is C12H16O4. The van der Waals surface area contributed by atoms with Crippen molar-refractivity contribution >= 4 is 0 Å². The zero-order valence-electron chi connectivity index (χ0n) is 9.22. The van der Waals surface area contributed by atoms with Crippen molar-refractivity contribution in [1.29, 1.82) is 0 Å². The van der Waals surface area contributed by atoms with Gasteiger partial charge in [-0.3, -0.25) is 0 Å². The molecule has 0 spiro atoms. The van der Waals surface area contributed by atoms with Crippen molar-refractivity contribution in [2.45, 2.75) is 32.2 Å². The van der Waals surface area contributed by atoms with Crippen molar-refractivity contribution in [1.82, 2.24) is 0 Å². The van der Waals surface area contributed by atoms with E-state index in [0.29, 0.717) is 5.75 Å². The van der Waals surface area contributed by atoms with Crippen LogP contribution in [0.5, 0.6) is 11.5 Å². The SMILES string of the molecule is Cc1cc(O[C@H]2CCC(CO)O2)ccc1O. The van der Waals surface area contributed by atoms with E-state index in [1.807, 2.05) is 6.92 Å². The highest BCUT2D eigenvalue weighted by Gasteiger charge is 2.25. The molecule has 1 heterocycles. The molecule has 1 aliphatic rings. The summed E-state index contributed by atoms with van der Waals surface area (Å²) in [6.45, 7) is 1.85. The number of hydrogen-bond donors (Lipinski definition) is 2. The van der Waals surface area contributed by atoms with E-state index in [-0.39, 0.29) is 24.8 Å². The van der Waals surface area contributed by atoms with E-state index in [1.54, 1.807) is 18.2 Å². The van der Waals surface area contributed by atoms with Gasteiger partial charge in [-0.05, 0) is 37.1 Å². The molecule has 1 aromatic rings. The Hall–Kier alpha value is -1.26. The van der Waals surface area contributed by atoms with Crippen LogP contribution in [0.3, 0.4) is 0 Å². The van der Waals surface area contributed by atoms with E-state index in [0.717, 1.165) is 18.4 Å². The fourth-order valence-corrected chi connectivity index (χ4v) is 1.75. The molecule has 0 aromatic heterocycles. The summed E-state index contributed by atoms with van der Waals surface area (Å²) in [5.74, 6) is 0.937. The number of aryl methyl sites for hydroxylation is 1. The van der Waals surface area contributed by atoms with Crippen LogP contribution in [-0.2, 0) is 4.74 Å². The molecule has 4 nitrogen and oxygen atoms in total. The Bertz CT molecular complexity index is 364. The zero-order valence-corrected chi connectivity index (χ0v) is 9.22. The first-order chi connectivity index (χ1) is 7.69. The standard InChI is InChI=1S/C12H16O4/c1-8-6-9(2-4-11(8)14)15-12-5-3-10(7-13)16-12/h2,4,6,10,12-14H,3,5,7H2,1H3/t10?,12-/m1/s1. The molecule has 16 heavy (non-hydrogen) atoms. The van der Waals surface area contributed by atoms with Crippen LogP contribution in [0.4, 0.5) is 0 Å². The Balaban J connectivity index is 1.97. The van der Waals surface area contributed by atoms with Crippen LogP contribution < -0.4 is 4.74 Å². The summed E-state index contributed by atoms with van der Waals surface area (Å²) in [5, 5.41) is 18.3. The number of phenolic OH excluding ortho intramolecular Hbond substituents is 1. The molecular weight excluding hydrogens is 208 g/mol. The molecule has 1 aromatic carbocycles. The predicted molar refractivity (Wildman–Crippen MR) is 58.5 cm³/mol. The van der Waals surface area contributed by atoms with E-state index in [4.69, 9.17) is 14.6 Å². The largest absolute Gasteiger partial charge is 0.508 e. The second-order valence-electron chi connectivity index (χ2n) is 4.01. The third-order valence-corrected chi connectivity index (χ3v) is 2.71. The highest BCUT2D eigenvalue weighted by molar-refractivity contribution is 5.38. The first-order valence-electron chi connectivity index (χ1n) is 5.41. The molecule has 0 saturated carbocycles. The highest BCUT2D eigenvalue weighted by Crippen LogP contribution is 2.26.